The van der Waals surface area contributed by atoms with E-state index in [1.807, 2.05) is 0 Å². The van der Waals surface area contributed by atoms with Crippen LogP contribution in [-0.4, -0.2) is 35.6 Å². The topological polar surface area (TPSA) is 61.7 Å². The van der Waals surface area contributed by atoms with Crippen LogP contribution in [0.25, 0.3) is 0 Å². The van der Waals surface area contributed by atoms with Gasteiger partial charge in [0.1, 0.15) is 12.7 Å². The van der Waals surface area contributed by atoms with Crippen molar-refractivity contribution in [1.82, 2.24) is 5.32 Å². The zero-order valence-corrected chi connectivity index (χ0v) is 10.4. The molecule has 0 spiro atoms. The lowest BCUT2D eigenvalue weighted by molar-refractivity contribution is 0.0509. The fourth-order valence-corrected chi connectivity index (χ4v) is 1.63. The van der Waals surface area contributed by atoms with Crippen molar-refractivity contribution >= 4 is 0 Å². The number of aliphatic hydroxyl groups excluding tert-OH is 2. The van der Waals surface area contributed by atoms with Crippen LogP contribution in [0.15, 0.2) is 12.1 Å². The summed E-state index contributed by atoms with van der Waals surface area (Å²) >= 11 is 0. The van der Waals surface area contributed by atoms with Gasteiger partial charge in [0, 0.05) is 12.6 Å². The molecular weight excluding hydrogens is 256 g/mol. The molecule has 2 rings (SSSR count). The second-order valence-corrected chi connectivity index (χ2v) is 4.69. The molecule has 1 aromatic rings. The first kappa shape index (κ1) is 14.2. The van der Waals surface area contributed by atoms with Gasteiger partial charge in [0.25, 0.3) is 0 Å². The van der Waals surface area contributed by atoms with Crippen molar-refractivity contribution in [1.29, 1.82) is 0 Å². The number of rotatable bonds is 7. The van der Waals surface area contributed by atoms with Crippen LogP contribution in [0.3, 0.4) is 0 Å². The highest BCUT2D eigenvalue weighted by Crippen LogP contribution is 2.24. The zero-order chi connectivity index (χ0) is 13.8. The fraction of sp³-hybridized carbons (Fsp3) is 0.538. The third-order valence-electron chi connectivity index (χ3n) is 2.86. The van der Waals surface area contributed by atoms with Crippen molar-refractivity contribution in [2.75, 3.05) is 13.2 Å². The molecule has 19 heavy (non-hydrogen) atoms. The number of aliphatic hydroxyl groups is 2. The Morgan fingerprint density at radius 3 is 2.47 bits per heavy atom. The van der Waals surface area contributed by atoms with Crippen molar-refractivity contribution in [3.8, 4) is 5.75 Å². The van der Waals surface area contributed by atoms with Gasteiger partial charge in [-0.1, -0.05) is 0 Å². The van der Waals surface area contributed by atoms with Gasteiger partial charge in [-0.05, 0) is 30.5 Å². The van der Waals surface area contributed by atoms with E-state index in [-0.39, 0.29) is 6.61 Å². The smallest absolute Gasteiger partial charge is 0.190 e. The molecule has 1 fully saturated rings. The predicted molar refractivity (Wildman–Crippen MR) is 64.8 cm³/mol. The molecule has 3 N–H and O–H groups in total. The number of benzene rings is 1. The molecule has 0 radical (unpaired) electrons. The molecule has 1 aliphatic carbocycles. The van der Waals surface area contributed by atoms with Crippen molar-refractivity contribution in [2.45, 2.75) is 31.5 Å². The van der Waals surface area contributed by atoms with Gasteiger partial charge in [0.05, 0.1) is 6.61 Å². The molecule has 1 atom stereocenters. The molecule has 1 aliphatic rings. The summed E-state index contributed by atoms with van der Waals surface area (Å²) in [6.45, 7) is -0.464. The van der Waals surface area contributed by atoms with Gasteiger partial charge in [-0.25, -0.2) is 8.78 Å². The fourth-order valence-electron chi connectivity index (χ4n) is 1.63. The Morgan fingerprint density at radius 2 is 1.95 bits per heavy atom. The average molecular weight is 273 g/mol. The van der Waals surface area contributed by atoms with E-state index in [0.717, 1.165) is 12.8 Å². The molecule has 0 amide bonds. The van der Waals surface area contributed by atoms with Crippen LogP contribution in [0.2, 0.25) is 0 Å². The van der Waals surface area contributed by atoms with Crippen molar-refractivity contribution in [2.24, 2.45) is 0 Å². The van der Waals surface area contributed by atoms with Gasteiger partial charge >= 0.3 is 0 Å². The van der Waals surface area contributed by atoms with E-state index in [4.69, 9.17) is 14.9 Å². The summed E-state index contributed by atoms with van der Waals surface area (Å²) in [5.74, 6) is -2.14. The monoisotopic (exact) mass is 273 g/mol. The van der Waals surface area contributed by atoms with Crippen LogP contribution < -0.4 is 10.1 Å². The van der Waals surface area contributed by atoms with Gasteiger partial charge in [-0.3, -0.25) is 0 Å². The van der Waals surface area contributed by atoms with E-state index in [1.54, 1.807) is 0 Å². The number of halogens is 2. The highest BCUT2D eigenvalue weighted by molar-refractivity contribution is 5.31. The van der Waals surface area contributed by atoms with Gasteiger partial charge in [-0.2, -0.15) is 0 Å². The van der Waals surface area contributed by atoms with Crippen LogP contribution >= 0.6 is 0 Å². The predicted octanol–water partition coefficient (Wildman–Crippen LogP) is 0.949. The Labute approximate surface area is 110 Å². The summed E-state index contributed by atoms with van der Waals surface area (Å²) in [5, 5.41) is 20.8. The molecule has 1 aromatic carbocycles. The van der Waals surface area contributed by atoms with Crippen LogP contribution in [0.5, 0.6) is 5.75 Å². The minimum Gasteiger partial charge on any atom is -0.485 e. The minimum absolute atomic E-state index is 0.357. The zero-order valence-electron chi connectivity index (χ0n) is 10.4. The standard InChI is InChI=1S/C13H17F2NO3/c14-11-3-8(5-16-9-1-2-9)4-12(15)13(11)19-7-10(18)6-17/h3-4,9-10,16-18H,1-2,5-7H2. The summed E-state index contributed by atoms with van der Waals surface area (Å²) in [6.07, 6.45) is 1.05. The quantitative estimate of drug-likeness (QED) is 0.692. The first-order valence-electron chi connectivity index (χ1n) is 6.23. The van der Waals surface area contributed by atoms with Gasteiger partial charge in [0.15, 0.2) is 17.4 Å². The SMILES string of the molecule is OCC(O)COc1c(F)cc(CNC2CC2)cc1F. The summed E-state index contributed by atoms with van der Waals surface area (Å²) in [7, 11) is 0. The maximum Gasteiger partial charge on any atom is 0.190 e. The number of ether oxygens (including phenoxy) is 1. The first-order valence-corrected chi connectivity index (χ1v) is 6.23. The maximum atomic E-state index is 13.7. The molecule has 1 unspecified atom stereocenters. The lowest BCUT2D eigenvalue weighted by atomic mass is 10.2. The Bertz CT molecular complexity index is 415. The van der Waals surface area contributed by atoms with Gasteiger partial charge in [0.2, 0.25) is 0 Å². The van der Waals surface area contributed by atoms with Crippen LogP contribution in [0.1, 0.15) is 18.4 Å². The van der Waals surface area contributed by atoms with Crippen molar-refractivity contribution in [3.05, 3.63) is 29.3 Å². The Morgan fingerprint density at radius 1 is 1.32 bits per heavy atom. The molecule has 0 bridgehead atoms. The summed E-state index contributed by atoms with van der Waals surface area (Å²) in [5.41, 5.74) is 0.511. The lowest BCUT2D eigenvalue weighted by Crippen LogP contribution is -2.22. The Kier molecular flexibility index (Phi) is 4.68. The third-order valence-corrected chi connectivity index (χ3v) is 2.86. The molecule has 0 aromatic heterocycles. The highest BCUT2D eigenvalue weighted by Gasteiger charge is 2.21. The highest BCUT2D eigenvalue weighted by atomic mass is 19.1. The maximum absolute atomic E-state index is 13.7. The molecular formula is C13H17F2NO3. The minimum atomic E-state index is -1.16. The number of hydrogen-bond donors (Lipinski definition) is 3. The summed E-state index contributed by atoms with van der Waals surface area (Å²) in [4.78, 5) is 0. The third kappa shape index (κ3) is 4.12. The Hall–Kier alpha value is -1.24. The van der Waals surface area contributed by atoms with E-state index in [2.05, 4.69) is 5.32 Å². The van der Waals surface area contributed by atoms with Gasteiger partial charge < -0.3 is 20.3 Å². The second-order valence-electron chi connectivity index (χ2n) is 4.69. The Balaban J connectivity index is 1.98. The number of nitrogens with one attached hydrogen (secondary N) is 1. The molecule has 106 valence electrons. The van der Waals surface area contributed by atoms with E-state index in [9.17, 15) is 8.78 Å². The van der Waals surface area contributed by atoms with E-state index >= 15 is 0 Å². The number of hydrogen-bond acceptors (Lipinski definition) is 4. The van der Waals surface area contributed by atoms with Crippen LogP contribution in [-0.2, 0) is 6.54 Å². The van der Waals surface area contributed by atoms with E-state index < -0.39 is 30.1 Å². The molecule has 0 heterocycles. The van der Waals surface area contributed by atoms with E-state index in [0.29, 0.717) is 18.2 Å². The van der Waals surface area contributed by atoms with E-state index in [1.165, 1.54) is 12.1 Å². The molecule has 0 saturated heterocycles. The lowest BCUT2D eigenvalue weighted by Gasteiger charge is -2.12. The molecule has 4 nitrogen and oxygen atoms in total. The largest absolute Gasteiger partial charge is 0.485 e. The van der Waals surface area contributed by atoms with Crippen LogP contribution in [0.4, 0.5) is 8.78 Å². The molecule has 1 saturated carbocycles. The van der Waals surface area contributed by atoms with Crippen LogP contribution in [0, 0.1) is 11.6 Å². The normalized spacial score (nSPS) is 16.4. The molecule has 6 heteroatoms. The van der Waals surface area contributed by atoms with Crippen molar-refractivity contribution < 1.29 is 23.7 Å². The first-order chi connectivity index (χ1) is 9.10. The summed E-state index contributed by atoms with van der Waals surface area (Å²) < 4.78 is 32.2. The molecule has 0 aliphatic heterocycles. The van der Waals surface area contributed by atoms with Crippen molar-refractivity contribution in [3.63, 3.8) is 0 Å². The average Bonchev–Trinajstić information content (AvgIpc) is 3.19. The van der Waals surface area contributed by atoms with Gasteiger partial charge in [-0.15, -0.1) is 0 Å². The second kappa shape index (κ2) is 6.27. The summed E-state index contributed by atoms with van der Waals surface area (Å²) in [6, 6.07) is 2.87.